The van der Waals surface area contributed by atoms with Crippen molar-refractivity contribution in [3.8, 4) is 10.7 Å². The van der Waals surface area contributed by atoms with Crippen molar-refractivity contribution in [2.24, 2.45) is 0 Å². The van der Waals surface area contributed by atoms with Gasteiger partial charge in [0.15, 0.2) is 5.82 Å². The lowest BCUT2D eigenvalue weighted by molar-refractivity contribution is 0.279. The summed E-state index contributed by atoms with van der Waals surface area (Å²) in [5.74, 6) is 0.882. The molecule has 5 nitrogen and oxygen atoms in total. The van der Waals surface area contributed by atoms with Crippen LogP contribution < -0.4 is 5.43 Å². The van der Waals surface area contributed by atoms with E-state index in [1.807, 2.05) is 22.1 Å². The Balaban J connectivity index is 1.42. The van der Waals surface area contributed by atoms with Gasteiger partial charge in [0, 0.05) is 11.4 Å². The second kappa shape index (κ2) is 8.47. The van der Waals surface area contributed by atoms with Gasteiger partial charge in [0.25, 0.3) is 0 Å². The topological polar surface area (TPSA) is 46.0 Å². The van der Waals surface area contributed by atoms with Crippen molar-refractivity contribution in [1.29, 1.82) is 0 Å². The molecule has 1 fully saturated rings. The minimum Gasteiger partial charge on any atom is -0.318 e. The zero-order valence-electron chi connectivity index (χ0n) is 15.0. The Morgan fingerprint density at radius 2 is 1.77 bits per heavy atom. The molecule has 1 saturated heterocycles. The highest BCUT2D eigenvalue weighted by Gasteiger charge is 2.14. The van der Waals surface area contributed by atoms with Crippen LogP contribution >= 0.6 is 11.3 Å². The smallest absolute Gasteiger partial charge is 0.192 e. The standard InChI is InChI=1S/C20H25N5S/c1-2-7-13-24(12-6-1)15-18-10-11-19(26-18)20-23-21-16-25(20)22-14-17-8-4-3-5-9-17/h3-5,8-11,16,22H,1-2,6-7,12-15H2. The lowest BCUT2D eigenvalue weighted by atomic mass is 10.2. The van der Waals surface area contributed by atoms with Gasteiger partial charge in [-0.05, 0) is 43.6 Å². The lowest BCUT2D eigenvalue weighted by Gasteiger charge is -2.18. The average molecular weight is 368 g/mol. The minimum atomic E-state index is 0.748. The van der Waals surface area contributed by atoms with E-state index in [0.29, 0.717) is 0 Å². The van der Waals surface area contributed by atoms with E-state index < -0.39 is 0 Å². The van der Waals surface area contributed by atoms with E-state index in [1.54, 1.807) is 6.33 Å². The SMILES string of the molecule is c1ccc(CNn2cnnc2-c2ccc(CN3CCCCCC3)s2)cc1. The van der Waals surface area contributed by atoms with Crippen LogP contribution in [0.5, 0.6) is 0 Å². The summed E-state index contributed by atoms with van der Waals surface area (Å²) >= 11 is 1.82. The first-order valence-corrected chi connectivity index (χ1v) is 10.2. The molecule has 0 atom stereocenters. The summed E-state index contributed by atoms with van der Waals surface area (Å²) in [4.78, 5) is 5.15. The molecular weight excluding hydrogens is 342 g/mol. The number of nitrogens with one attached hydrogen (secondary N) is 1. The van der Waals surface area contributed by atoms with Crippen LogP contribution in [0.15, 0.2) is 48.8 Å². The van der Waals surface area contributed by atoms with E-state index in [1.165, 1.54) is 49.2 Å². The fourth-order valence-corrected chi connectivity index (χ4v) is 4.42. The van der Waals surface area contributed by atoms with Crippen LogP contribution in [0.25, 0.3) is 10.7 Å². The number of hydrogen-bond donors (Lipinski definition) is 1. The summed E-state index contributed by atoms with van der Waals surface area (Å²) < 4.78 is 1.93. The maximum Gasteiger partial charge on any atom is 0.192 e. The molecular formula is C20H25N5S. The highest BCUT2D eigenvalue weighted by Crippen LogP contribution is 2.27. The van der Waals surface area contributed by atoms with E-state index in [0.717, 1.165) is 23.8 Å². The van der Waals surface area contributed by atoms with Gasteiger partial charge in [0.2, 0.25) is 0 Å². The summed E-state index contributed by atoms with van der Waals surface area (Å²) in [5.41, 5.74) is 4.63. The number of aromatic nitrogens is 3. The molecule has 1 aliphatic heterocycles. The summed E-state index contributed by atoms with van der Waals surface area (Å²) in [5, 5.41) is 8.42. The van der Waals surface area contributed by atoms with Crippen LogP contribution in [0.4, 0.5) is 0 Å². The van der Waals surface area contributed by atoms with Crippen molar-refractivity contribution in [2.45, 2.75) is 38.8 Å². The van der Waals surface area contributed by atoms with E-state index in [-0.39, 0.29) is 0 Å². The van der Waals surface area contributed by atoms with Crippen molar-refractivity contribution in [2.75, 3.05) is 18.5 Å². The highest BCUT2D eigenvalue weighted by molar-refractivity contribution is 7.15. The number of likely N-dealkylation sites (tertiary alicyclic amines) is 1. The molecule has 0 bridgehead atoms. The Kier molecular flexibility index (Phi) is 5.62. The van der Waals surface area contributed by atoms with Crippen molar-refractivity contribution in [1.82, 2.24) is 19.8 Å². The maximum atomic E-state index is 4.32. The second-order valence-corrected chi connectivity index (χ2v) is 7.97. The lowest BCUT2D eigenvalue weighted by Crippen LogP contribution is -2.23. The van der Waals surface area contributed by atoms with Gasteiger partial charge < -0.3 is 5.43 Å². The molecule has 0 aliphatic carbocycles. The molecule has 3 heterocycles. The van der Waals surface area contributed by atoms with Crippen LogP contribution in [0.2, 0.25) is 0 Å². The Morgan fingerprint density at radius 1 is 0.962 bits per heavy atom. The van der Waals surface area contributed by atoms with Gasteiger partial charge in [-0.25, -0.2) is 4.68 Å². The van der Waals surface area contributed by atoms with E-state index in [2.05, 4.69) is 56.9 Å². The number of rotatable bonds is 6. The average Bonchev–Trinajstić information content (AvgIpc) is 3.25. The molecule has 4 rings (SSSR count). The number of nitrogens with zero attached hydrogens (tertiary/aromatic N) is 4. The van der Waals surface area contributed by atoms with Gasteiger partial charge in [-0.3, -0.25) is 4.90 Å². The molecule has 1 N–H and O–H groups in total. The van der Waals surface area contributed by atoms with Crippen molar-refractivity contribution in [3.63, 3.8) is 0 Å². The largest absolute Gasteiger partial charge is 0.318 e. The highest BCUT2D eigenvalue weighted by atomic mass is 32.1. The first-order valence-electron chi connectivity index (χ1n) is 9.38. The molecule has 136 valence electrons. The predicted octanol–water partition coefficient (Wildman–Crippen LogP) is 4.13. The Hall–Kier alpha value is -2.18. The first kappa shape index (κ1) is 17.2. The first-order chi connectivity index (χ1) is 12.9. The third-order valence-corrected chi connectivity index (χ3v) is 5.87. The van der Waals surface area contributed by atoms with Crippen LogP contribution in [-0.2, 0) is 13.1 Å². The van der Waals surface area contributed by atoms with Crippen molar-refractivity contribution >= 4 is 11.3 Å². The fourth-order valence-electron chi connectivity index (χ4n) is 3.39. The van der Waals surface area contributed by atoms with Crippen LogP contribution in [-0.4, -0.2) is 32.9 Å². The molecule has 1 aliphatic rings. The molecule has 0 spiro atoms. The molecule has 2 aromatic heterocycles. The maximum absolute atomic E-state index is 4.32. The summed E-state index contributed by atoms with van der Waals surface area (Å²) in [6, 6.07) is 14.8. The number of thiophene rings is 1. The quantitative estimate of drug-likeness (QED) is 0.712. The Bertz CT molecular complexity index is 802. The third kappa shape index (κ3) is 4.31. The van der Waals surface area contributed by atoms with Crippen molar-refractivity contribution < 1.29 is 0 Å². The predicted molar refractivity (Wildman–Crippen MR) is 107 cm³/mol. The molecule has 3 aromatic rings. The number of hydrogen-bond acceptors (Lipinski definition) is 5. The molecule has 6 heteroatoms. The molecule has 26 heavy (non-hydrogen) atoms. The van der Waals surface area contributed by atoms with Crippen LogP contribution in [0, 0.1) is 0 Å². The van der Waals surface area contributed by atoms with Crippen LogP contribution in [0.1, 0.15) is 36.1 Å². The van der Waals surface area contributed by atoms with Crippen LogP contribution in [0.3, 0.4) is 0 Å². The second-order valence-electron chi connectivity index (χ2n) is 6.80. The van der Waals surface area contributed by atoms with E-state index in [4.69, 9.17) is 0 Å². The molecule has 1 aromatic carbocycles. The molecule has 0 radical (unpaired) electrons. The summed E-state index contributed by atoms with van der Waals surface area (Å²) in [6.07, 6.45) is 7.16. The number of benzene rings is 1. The monoisotopic (exact) mass is 367 g/mol. The normalized spacial score (nSPS) is 15.7. The molecule has 0 unspecified atom stereocenters. The van der Waals surface area contributed by atoms with Gasteiger partial charge >= 0.3 is 0 Å². The van der Waals surface area contributed by atoms with Crippen molar-refractivity contribution in [3.05, 3.63) is 59.2 Å². The van der Waals surface area contributed by atoms with Gasteiger partial charge in [-0.1, -0.05) is 43.2 Å². The Morgan fingerprint density at radius 3 is 2.58 bits per heavy atom. The van der Waals surface area contributed by atoms with Gasteiger partial charge in [0.05, 0.1) is 11.4 Å². The Labute approximate surface area is 158 Å². The fraction of sp³-hybridized carbons (Fsp3) is 0.400. The van der Waals surface area contributed by atoms with E-state index >= 15 is 0 Å². The van der Waals surface area contributed by atoms with Gasteiger partial charge in [-0.15, -0.1) is 21.5 Å². The van der Waals surface area contributed by atoms with Gasteiger partial charge in [-0.2, -0.15) is 0 Å². The summed E-state index contributed by atoms with van der Waals surface area (Å²) in [7, 11) is 0. The van der Waals surface area contributed by atoms with E-state index in [9.17, 15) is 0 Å². The zero-order chi connectivity index (χ0) is 17.6. The zero-order valence-corrected chi connectivity index (χ0v) is 15.8. The minimum absolute atomic E-state index is 0.748. The van der Waals surface area contributed by atoms with Gasteiger partial charge in [0.1, 0.15) is 6.33 Å². The summed E-state index contributed by atoms with van der Waals surface area (Å²) in [6.45, 7) is 4.25. The third-order valence-electron chi connectivity index (χ3n) is 4.80. The molecule has 0 saturated carbocycles. The molecule has 0 amide bonds.